The number of fused-ring (bicyclic) bond motifs is 1. The maximum atomic E-state index is 12.9. The van der Waals surface area contributed by atoms with Gasteiger partial charge in [0.1, 0.15) is 0 Å². The van der Waals surface area contributed by atoms with E-state index in [1.165, 1.54) is 37.8 Å². The third kappa shape index (κ3) is 16.2. The molecule has 0 spiro atoms. The van der Waals surface area contributed by atoms with Crippen molar-refractivity contribution in [2.75, 3.05) is 57.2 Å². The monoisotopic (exact) mass is 742 g/mol. The van der Waals surface area contributed by atoms with Gasteiger partial charge >= 0.3 is 0 Å². The van der Waals surface area contributed by atoms with E-state index in [4.69, 9.17) is 21.1 Å². The highest BCUT2D eigenvalue weighted by molar-refractivity contribution is 7.59. The molecular weight excluding hydrogens is 680 g/mol. The number of rotatable bonds is 12. The van der Waals surface area contributed by atoms with Crippen molar-refractivity contribution in [2.24, 2.45) is 5.92 Å². The first-order valence-electron chi connectivity index (χ1n) is 18.2. The summed E-state index contributed by atoms with van der Waals surface area (Å²) in [6, 6.07) is 21.9. The van der Waals surface area contributed by atoms with Crippen LogP contribution in [0.15, 0.2) is 66.7 Å². The Morgan fingerprint density at radius 1 is 0.961 bits per heavy atom. The van der Waals surface area contributed by atoms with E-state index in [2.05, 4.69) is 41.5 Å². The van der Waals surface area contributed by atoms with Gasteiger partial charge in [0.25, 0.3) is 0 Å². The molecule has 1 aliphatic heterocycles. The van der Waals surface area contributed by atoms with E-state index in [1.807, 2.05) is 82.0 Å². The van der Waals surface area contributed by atoms with Gasteiger partial charge in [0.15, 0.2) is 11.5 Å². The number of ether oxygens (including phenoxy) is 2. The Morgan fingerprint density at radius 2 is 1.59 bits per heavy atom. The summed E-state index contributed by atoms with van der Waals surface area (Å²) in [5.74, 6) is 2.33. The van der Waals surface area contributed by atoms with Gasteiger partial charge < -0.3 is 29.5 Å². The molecule has 10 heteroatoms. The van der Waals surface area contributed by atoms with Crippen LogP contribution >= 0.6 is 25.1 Å². The van der Waals surface area contributed by atoms with Crippen LogP contribution in [0.2, 0.25) is 5.02 Å². The van der Waals surface area contributed by atoms with E-state index >= 15 is 0 Å². The van der Waals surface area contributed by atoms with Gasteiger partial charge in [-0.3, -0.25) is 9.59 Å². The van der Waals surface area contributed by atoms with Crippen molar-refractivity contribution in [2.45, 2.75) is 85.8 Å². The number of nitrogens with zero attached hydrogens (tertiary/aromatic N) is 3. The van der Waals surface area contributed by atoms with Gasteiger partial charge in [-0.05, 0) is 98.8 Å². The fourth-order valence-corrected chi connectivity index (χ4v) is 6.01. The van der Waals surface area contributed by atoms with E-state index < -0.39 is 0 Å². The predicted molar refractivity (Wildman–Crippen MR) is 220 cm³/mol. The van der Waals surface area contributed by atoms with Gasteiger partial charge in [-0.1, -0.05) is 69.8 Å². The quantitative estimate of drug-likeness (QED) is 0.148. The molecule has 2 aliphatic rings. The van der Waals surface area contributed by atoms with Crippen LogP contribution in [0.4, 0.5) is 11.4 Å². The summed E-state index contributed by atoms with van der Waals surface area (Å²) < 4.78 is 11.4. The maximum Gasteiger partial charge on any atom is 0.231 e. The van der Waals surface area contributed by atoms with Crippen LogP contribution in [-0.2, 0) is 22.6 Å². The van der Waals surface area contributed by atoms with Gasteiger partial charge in [0, 0.05) is 50.1 Å². The lowest BCUT2D eigenvalue weighted by atomic mass is 9.89. The lowest BCUT2D eigenvalue weighted by molar-refractivity contribution is -0.118. The first-order valence-corrected chi connectivity index (χ1v) is 18.6. The molecule has 5 rings (SSSR count). The van der Waals surface area contributed by atoms with Crippen molar-refractivity contribution < 1.29 is 19.1 Å². The van der Waals surface area contributed by atoms with Crippen molar-refractivity contribution >= 4 is 48.8 Å². The normalized spacial score (nSPS) is 13.5. The number of halogens is 1. The fraction of sp³-hybridized carbons (Fsp3) is 0.512. The van der Waals surface area contributed by atoms with E-state index in [0.29, 0.717) is 18.7 Å². The molecule has 1 saturated carbocycles. The van der Waals surface area contributed by atoms with Crippen LogP contribution in [-0.4, -0.2) is 70.7 Å². The number of carbonyl (C=O) groups excluding carboxylic acids is 2. The third-order valence-corrected chi connectivity index (χ3v) is 8.74. The molecule has 0 aromatic heterocycles. The standard InChI is InChI=1S/C27H36N2O3.C6H5Cl.C6H14N2O.C2H6.H2S/c1-19(2)32-26-15-22-18-29(27(30)16-21(22)14-25(26)31-4)24-12-10-23(11-13-24)28(3)17-20-8-6-5-7-9-20;7-6-4-2-1-3-5-6;1-3-7-4-5-8(2)6-9;1-2;/h10-15,19-20H,5-9,16-18H2,1-4H3;1-5H;6-7H,3-5H2,1-2H3;1-2H3;1H2. The SMILES string of the molecule is CC.CCNCCN(C)C=O.COc1cc2c(cc1OC(C)C)CN(c1ccc(N(C)CC3CCCCC3)cc1)C(=O)C2.Clc1ccccc1.S. The first kappa shape index (κ1) is 45.6. The largest absolute Gasteiger partial charge is 0.493 e. The molecule has 1 aliphatic carbocycles. The average molecular weight is 743 g/mol. The number of hydrogen-bond acceptors (Lipinski definition) is 6. The molecule has 8 nitrogen and oxygen atoms in total. The summed E-state index contributed by atoms with van der Waals surface area (Å²) in [4.78, 5) is 28.8. The van der Waals surface area contributed by atoms with Crippen LogP contribution in [0, 0.1) is 5.92 Å². The summed E-state index contributed by atoms with van der Waals surface area (Å²) in [6.07, 6.45) is 8.07. The molecule has 3 aromatic rings. The Balaban J connectivity index is 0.000000564. The topological polar surface area (TPSA) is 74.4 Å². The maximum absolute atomic E-state index is 12.9. The van der Waals surface area contributed by atoms with E-state index in [9.17, 15) is 9.59 Å². The van der Waals surface area contributed by atoms with Gasteiger partial charge in [0.05, 0.1) is 26.2 Å². The second kappa shape index (κ2) is 25.5. The Labute approximate surface area is 320 Å². The molecule has 2 amide bonds. The Bertz CT molecular complexity index is 1390. The van der Waals surface area contributed by atoms with Gasteiger partial charge in [-0.15, -0.1) is 0 Å². The zero-order chi connectivity index (χ0) is 36.9. The highest BCUT2D eigenvalue weighted by Crippen LogP contribution is 2.36. The van der Waals surface area contributed by atoms with Crippen LogP contribution in [0.3, 0.4) is 0 Å². The number of benzene rings is 3. The van der Waals surface area contributed by atoms with Gasteiger partial charge in [-0.2, -0.15) is 13.5 Å². The molecule has 0 bridgehead atoms. The fourth-order valence-electron chi connectivity index (χ4n) is 5.86. The number of carbonyl (C=O) groups is 2. The van der Waals surface area contributed by atoms with Crippen LogP contribution in [0.5, 0.6) is 11.5 Å². The third-order valence-electron chi connectivity index (χ3n) is 8.48. The molecule has 0 saturated heterocycles. The molecule has 0 atom stereocenters. The first-order chi connectivity index (χ1) is 24.1. The minimum atomic E-state index is 0. The highest BCUT2D eigenvalue weighted by atomic mass is 35.5. The van der Waals surface area contributed by atoms with Crippen LogP contribution in [0.1, 0.15) is 77.8 Å². The summed E-state index contributed by atoms with van der Waals surface area (Å²) in [5, 5.41) is 3.91. The molecule has 1 fully saturated rings. The molecule has 51 heavy (non-hydrogen) atoms. The molecular formula is C41H63ClN4O4S. The second-order valence-electron chi connectivity index (χ2n) is 12.7. The van der Waals surface area contributed by atoms with E-state index in [1.54, 1.807) is 19.1 Å². The summed E-state index contributed by atoms with van der Waals surface area (Å²) in [5.41, 5.74) is 4.28. The van der Waals surface area contributed by atoms with Crippen molar-refractivity contribution in [1.82, 2.24) is 10.2 Å². The molecule has 1 heterocycles. The summed E-state index contributed by atoms with van der Waals surface area (Å²) >= 11 is 5.54. The minimum absolute atomic E-state index is 0. The minimum Gasteiger partial charge on any atom is -0.493 e. The number of hydrogen-bond donors (Lipinski definition) is 1. The number of nitrogens with one attached hydrogen (secondary N) is 1. The number of methoxy groups -OCH3 is 1. The Kier molecular flexibility index (Phi) is 22.8. The van der Waals surface area contributed by atoms with Crippen molar-refractivity contribution in [3.05, 3.63) is 82.9 Å². The van der Waals surface area contributed by atoms with Crippen molar-refractivity contribution in [3.8, 4) is 11.5 Å². The summed E-state index contributed by atoms with van der Waals surface area (Å²) in [7, 11) is 5.58. The highest BCUT2D eigenvalue weighted by Gasteiger charge is 2.26. The number of amides is 2. The molecule has 0 radical (unpaired) electrons. The van der Waals surface area contributed by atoms with Crippen molar-refractivity contribution in [3.63, 3.8) is 0 Å². The smallest absolute Gasteiger partial charge is 0.231 e. The van der Waals surface area contributed by atoms with E-state index in [-0.39, 0.29) is 25.5 Å². The molecule has 3 aromatic carbocycles. The summed E-state index contributed by atoms with van der Waals surface area (Å²) in [6.45, 7) is 14.3. The zero-order valence-electron chi connectivity index (χ0n) is 32.2. The number of anilines is 2. The van der Waals surface area contributed by atoms with Crippen LogP contribution in [0.25, 0.3) is 0 Å². The van der Waals surface area contributed by atoms with Crippen molar-refractivity contribution in [1.29, 1.82) is 0 Å². The molecule has 284 valence electrons. The average Bonchev–Trinajstić information content (AvgIpc) is 3.13. The van der Waals surface area contributed by atoms with E-state index in [0.717, 1.165) is 66.1 Å². The Hall–Kier alpha value is -3.40. The molecule has 0 unspecified atom stereocenters. The lowest BCUT2D eigenvalue weighted by Crippen LogP contribution is -2.36. The van der Waals surface area contributed by atoms with Gasteiger partial charge in [0.2, 0.25) is 12.3 Å². The zero-order valence-corrected chi connectivity index (χ0v) is 34.0. The molecule has 1 N–H and O–H groups in total. The lowest BCUT2D eigenvalue weighted by Gasteiger charge is -2.31. The van der Waals surface area contributed by atoms with Gasteiger partial charge in [-0.25, -0.2) is 0 Å². The second-order valence-corrected chi connectivity index (χ2v) is 13.2. The van der Waals surface area contributed by atoms with Crippen LogP contribution < -0.4 is 24.6 Å². The number of likely N-dealkylation sites (N-methyl/N-ethyl adjacent to an activating group) is 2. The predicted octanol–water partition coefficient (Wildman–Crippen LogP) is 8.75. The Morgan fingerprint density at radius 3 is 2.12 bits per heavy atom.